The number of pyridine rings is 1. The Kier molecular flexibility index (Phi) is 7.47. The van der Waals surface area contributed by atoms with Gasteiger partial charge in [-0.1, -0.05) is 12.1 Å². The highest BCUT2D eigenvalue weighted by Gasteiger charge is 2.46. The molecule has 1 saturated heterocycles. The molecule has 0 bridgehead atoms. The first-order chi connectivity index (χ1) is 17.7. The van der Waals surface area contributed by atoms with Crippen LogP contribution < -0.4 is 9.47 Å². The van der Waals surface area contributed by atoms with Crippen LogP contribution >= 0.6 is 0 Å². The fourth-order valence-corrected chi connectivity index (χ4v) is 4.39. The van der Waals surface area contributed by atoms with E-state index in [4.69, 9.17) is 9.47 Å². The molecule has 0 spiro atoms. The van der Waals surface area contributed by atoms with Gasteiger partial charge in [0.05, 0.1) is 24.3 Å². The van der Waals surface area contributed by atoms with Gasteiger partial charge < -0.3 is 24.6 Å². The van der Waals surface area contributed by atoms with Crippen molar-refractivity contribution in [2.45, 2.75) is 46.4 Å². The third-order valence-corrected chi connectivity index (χ3v) is 6.03. The van der Waals surface area contributed by atoms with E-state index in [-0.39, 0.29) is 35.5 Å². The van der Waals surface area contributed by atoms with Crippen LogP contribution in [0.4, 0.5) is 0 Å². The van der Waals surface area contributed by atoms with Crippen molar-refractivity contribution in [3.63, 3.8) is 0 Å². The molecule has 192 valence electrons. The number of aliphatic hydroxyl groups is 1. The Labute approximate surface area is 215 Å². The zero-order valence-corrected chi connectivity index (χ0v) is 21.3. The molecule has 1 amide bonds. The standard InChI is InChI=1S/C29H30N2O6/c1-5-36-24-14-20(8-10-22(24)32)26-25(27(33)21-9-11-23(18(4)13-21)37-17(2)3)28(34)29(35)31(26)16-19-7-6-12-30-15-19/h6-15,17,26,32-33H,5,16H2,1-4H3/b27-25-. The molecule has 1 fully saturated rings. The number of aromatic nitrogens is 1. The summed E-state index contributed by atoms with van der Waals surface area (Å²) in [6.07, 6.45) is 3.22. The number of likely N-dealkylation sites (tertiary alicyclic amines) is 1. The molecule has 4 rings (SSSR count). The number of rotatable bonds is 8. The largest absolute Gasteiger partial charge is 0.507 e. The highest BCUT2D eigenvalue weighted by Crippen LogP contribution is 2.42. The highest BCUT2D eigenvalue weighted by molar-refractivity contribution is 6.46. The van der Waals surface area contributed by atoms with Crippen LogP contribution in [0.25, 0.3) is 5.76 Å². The summed E-state index contributed by atoms with van der Waals surface area (Å²) in [4.78, 5) is 32.1. The molecule has 1 atom stereocenters. The van der Waals surface area contributed by atoms with Crippen molar-refractivity contribution >= 4 is 17.4 Å². The summed E-state index contributed by atoms with van der Waals surface area (Å²) in [6.45, 7) is 7.90. The molecule has 0 radical (unpaired) electrons. The monoisotopic (exact) mass is 502 g/mol. The van der Waals surface area contributed by atoms with Gasteiger partial charge in [0, 0.05) is 24.5 Å². The maximum atomic E-state index is 13.3. The molecule has 3 aromatic rings. The lowest BCUT2D eigenvalue weighted by molar-refractivity contribution is -0.140. The smallest absolute Gasteiger partial charge is 0.295 e. The minimum absolute atomic E-state index is 0.0232. The van der Waals surface area contributed by atoms with Crippen molar-refractivity contribution in [1.29, 1.82) is 0 Å². The minimum atomic E-state index is -0.910. The number of aliphatic hydroxyl groups excluding tert-OH is 1. The molecule has 2 N–H and O–H groups in total. The molecule has 2 heterocycles. The second kappa shape index (κ2) is 10.7. The van der Waals surface area contributed by atoms with Crippen LogP contribution in [0.1, 0.15) is 49.1 Å². The van der Waals surface area contributed by atoms with Gasteiger partial charge in [0.25, 0.3) is 11.7 Å². The summed E-state index contributed by atoms with van der Waals surface area (Å²) in [5.41, 5.74) is 2.37. The summed E-state index contributed by atoms with van der Waals surface area (Å²) in [7, 11) is 0. The SMILES string of the molecule is CCOc1cc(C2/C(=C(/O)c3ccc(OC(C)C)c(C)c3)C(=O)C(=O)N2Cc2cccnc2)ccc1O. The fourth-order valence-electron chi connectivity index (χ4n) is 4.39. The van der Waals surface area contributed by atoms with Gasteiger partial charge in [0.2, 0.25) is 0 Å². The molecule has 1 aromatic heterocycles. The average Bonchev–Trinajstić information content (AvgIpc) is 3.11. The van der Waals surface area contributed by atoms with E-state index in [0.29, 0.717) is 23.5 Å². The van der Waals surface area contributed by atoms with Crippen LogP contribution in [0.3, 0.4) is 0 Å². The molecule has 1 aliphatic heterocycles. The van der Waals surface area contributed by atoms with Crippen LogP contribution in [0.5, 0.6) is 17.2 Å². The van der Waals surface area contributed by atoms with Gasteiger partial charge in [-0.2, -0.15) is 0 Å². The van der Waals surface area contributed by atoms with Crippen molar-refractivity contribution in [3.8, 4) is 17.2 Å². The lowest BCUT2D eigenvalue weighted by Gasteiger charge is -2.26. The Morgan fingerprint density at radius 1 is 1.11 bits per heavy atom. The van der Waals surface area contributed by atoms with Crippen LogP contribution in [0, 0.1) is 6.92 Å². The third-order valence-electron chi connectivity index (χ3n) is 6.03. The minimum Gasteiger partial charge on any atom is -0.507 e. The number of aromatic hydroxyl groups is 1. The van der Waals surface area contributed by atoms with Crippen molar-refractivity contribution in [2.75, 3.05) is 6.61 Å². The first-order valence-corrected chi connectivity index (χ1v) is 12.1. The van der Waals surface area contributed by atoms with Crippen LogP contribution in [0.2, 0.25) is 0 Å². The Morgan fingerprint density at radius 3 is 2.54 bits per heavy atom. The van der Waals surface area contributed by atoms with Gasteiger partial charge in [-0.15, -0.1) is 0 Å². The maximum Gasteiger partial charge on any atom is 0.295 e. The lowest BCUT2D eigenvalue weighted by atomic mass is 9.94. The van der Waals surface area contributed by atoms with E-state index in [2.05, 4.69) is 4.98 Å². The molecule has 8 heteroatoms. The number of phenolic OH excluding ortho intramolecular Hbond substituents is 1. The number of aryl methyl sites for hydroxylation is 1. The van der Waals surface area contributed by atoms with Crippen LogP contribution in [0.15, 0.2) is 66.5 Å². The molecular weight excluding hydrogens is 472 g/mol. The molecular formula is C29H30N2O6. The van der Waals surface area contributed by atoms with Gasteiger partial charge in [-0.3, -0.25) is 14.6 Å². The zero-order chi connectivity index (χ0) is 26.7. The van der Waals surface area contributed by atoms with Crippen LogP contribution in [-0.4, -0.2) is 44.5 Å². The third kappa shape index (κ3) is 5.28. The number of hydrogen-bond donors (Lipinski definition) is 2. The van der Waals surface area contributed by atoms with E-state index < -0.39 is 17.7 Å². The van der Waals surface area contributed by atoms with Gasteiger partial charge >= 0.3 is 0 Å². The summed E-state index contributed by atoms with van der Waals surface area (Å²) in [5, 5.41) is 21.6. The lowest BCUT2D eigenvalue weighted by Crippen LogP contribution is -2.29. The van der Waals surface area contributed by atoms with Gasteiger partial charge in [0.15, 0.2) is 11.5 Å². The molecule has 2 aromatic carbocycles. The predicted molar refractivity (Wildman–Crippen MR) is 138 cm³/mol. The number of hydrogen-bond acceptors (Lipinski definition) is 7. The van der Waals surface area contributed by atoms with E-state index >= 15 is 0 Å². The molecule has 8 nitrogen and oxygen atoms in total. The Balaban J connectivity index is 1.86. The van der Waals surface area contributed by atoms with E-state index in [1.165, 1.54) is 11.0 Å². The molecule has 37 heavy (non-hydrogen) atoms. The Morgan fingerprint density at radius 2 is 1.89 bits per heavy atom. The zero-order valence-electron chi connectivity index (χ0n) is 21.3. The fraction of sp³-hybridized carbons (Fsp3) is 0.276. The van der Waals surface area contributed by atoms with E-state index in [1.807, 2.05) is 26.8 Å². The first kappa shape index (κ1) is 25.8. The van der Waals surface area contributed by atoms with Gasteiger partial charge in [-0.25, -0.2) is 0 Å². The van der Waals surface area contributed by atoms with E-state index in [9.17, 15) is 19.8 Å². The topological polar surface area (TPSA) is 109 Å². The second-order valence-electron chi connectivity index (χ2n) is 9.10. The molecule has 0 aliphatic carbocycles. The van der Waals surface area contributed by atoms with Crippen molar-refractivity contribution < 1.29 is 29.3 Å². The predicted octanol–water partition coefficient (Wildman–Crippen LogP) is 4.90. The number of benzene rings is 2. The number of ether oxygens (including phenoxy) is 2. The molecule has 0 saturated carbocycles. The number of ketones is 1. The van der Waals surface area contributed by atoms with E-state index in [1.54, 1.807) is 55.7 Å². The molecule has 1 aliphatic rings. The summed E-state index contributed by atoms with van der Waals surface area (Å²) in [5.74, 6) is -0.998. The molecule has 1 unspecified atom stereocenters. The second-order valence-corrected chi connectivity index (χ2v) is 9.10. The maximum absolute atomic E-state index is 13.3. The van der Waals surface area contributed by atoms with Crippen LogP contribution in [-0.2, 0) is 16.1 Å². The van der Waals surface area contributed by atoms with Crippen molar-refractivity contribution in [2.24, 2.45) is 0 Å². The Bertz CT molecular complexity index is 1350. The number of Topliss-reactive ketones (excluding diaryl/α,β-unsaturated/α-hetero) is 1. The highest BCUT2D eigenvalue weighted by atomic mass is 16.5. The number of nitrogens with zero attached hydrogens (tertiary/aromatic N) is 2. The van der Waals surface area contributed by atoms with Crippen molar-refractivity contribution in [3.05, 3.63) is 88.8 Å². The number of amides is 1. The normalized spacial score (nSPS) is 16.9. The summed E-state index contributed by atoms with van der Waals surface area (Å²) in [6, 6.07) is 12.4. The van der Waals surface area contributed by atoms with Gasteiger partial charge in [0.1, 0.15) is 11.5 Å². The Hall–Kier alpha value is -4.33. The number of carbonyl (C=O) groups is 2. The number of carbonyl (C=O) groups excluding carboxylic acids is 2. The average molecular weight is 503 g/mol. The number of phenols is 1. The summed E-state index contributed by atoms with van der Waals surface area (Å²) >= 11 is 0. The summed E-state index contributed by atoms with van der Waals surface area (Å²) < 4.78 is 11.3. The first-order valence-electron chi connectivity index (χ1n) is 12.1. The van der Waals surface area contributed by atoms with Crippen molar-refractivity contribution in [1.82, 2.24) is 9.88 Å². The quantitative estimate of drug-likeness (QED) is 0.256. The van der Waals surface area contributed by atoms with Gasteiger partial charge in [-0.05, 0) is 80.8 Å². The van der Waals surface area contributed by atoms with E-state index in [0.717, 1.165) is 11.1 Å².